The van der Waals surface area contributed by atoms with Gasteiger partial charge in [-0.3, -0.25) is 14.5 Å². The van der Waals surface area contributed by atoms with Crippen molar-refractivity contribution in [2.75, 3.05) is 13.1 Å². The highest BCUT2D eigenvalue weighted by atomic mass is 35.5. The maximum atomic E-state index is 13.3. The first-order chi connectivity index (χ1) is 21.9. The summed E-state index contributed by atoms with van der Waals surface area (Å²) in [4.78, 5) is 31.6. The topological polar surface area (TPSA) is 134 Å². The smallest absolute Gasteiger partial charge is 0.335 e. The van der Waals surface area contributed by atoms with Crippen molar-refractivity contribution in [1.82, 2.24) is 35.2 Å². The highest BCUT2D eigenvalue weighted by Crippen LogP contribution is 2.47. The zero-order chi connectivity index (χ0) is 30.9. The van der Waals surface area contributed by atoms with Gasteiger partial charge in [0.15, 0.2) is 5.21 Å². The number of rotatable bonds is 9. The summed E-state index contributed by atoms with van der Waals surface area (Å²) in [5.74, 6) is -0.398. The van der Waals surface area contributed by atoms with E-state index in [1.807, 2.05) is 52.3 Å². The molecule has 4 heterocycles. The van der Waals surface area contributed by atoms with Gasteiger partial charge in [-0.05, 0) is 80.0 Å². The van der Waals surface area contributed by atoms with E-state index in [0.29, 0.717) is 5.02 Å². The van der Waals surface area contributed by atoms with E-state index in [2.05, 4.69) is 15.5 Å². The molecule has 3 aromatic heterocycles. The maximum Gasteiger partial charge on any atom is 0.335 e. The van der Waals surface area contributed by atoms with E-state index in [0.717, 1.165) is 72.4 Å². The van der Waals surface area contributed by atoms with Crippen molar-refractivity contribution in [3.63, 3.8) is 0 Å². The summed E-state index contributed by atoms with van der Waals surface area (Å²) in [7, 11) is 0. The first kappa shape index (κ1) is 28.8. The second-order valence-corrected chi connectivity index (χ2v) is 12.2. The third kappa shape index (κ3) is 6.08. The summed E-state index contributed by atoms with van der Waals surface area (Å²) in [5, 5.41) is 25.2. The summed E-state index contributed by atoms with van der Waals surface area (Å²) in [5.41, 5.74) is 5.40. The van der Waals surface area contributed by atoms with Crippen molar-refractivity contribution >= 4 is 23.5 Å². The molecule has 1 saturated heterocycles. The number of pyridine rings is 1. The first-order valence-corrected chi connectivity index (χ1v) is 15.5. The lowest BCUT2D eigenvalue weighted by Crippen LogP contribution is -2.37. The number of H-pyrrole nitrogens is 1. The van der Waals surface area contributed by atoms with Crippen LogP contribution >= 0.6 is 11.6 Å². The zero-order valence-corrected chi connectivity index (χ0v) is 25.2. The van der Waals surface area contributed by atoms with Gasteiger partial charge in [-0.15, -0.1) is 4.68 Å². The van der Waals surface area contributed by atoms with Crippen molar-refractivity contribution < 1.29 is 19.4 Å². The number of aromatic nitrogens is 7. The lowest BCUT2D eigenvalue weighted by Gasteiger charge is -2.27. The Kier molecular flexibility index (Phi) is 7.85. The Balaban J connectivity index is 1.18. The molecule has 1 aliphatic heterocycles. The van der Waals surface area contributed by atoms with Gasteiger partial charge in [-0.25, -0.2) is 4.79 Å². The molecule has 1 saturated carbocycles. The molecule has 7 rings (SSSR count). The second-order valence-electron chi connectivity index (χ2n) is 11.8. The maximum absolute atomic E-state index is 13.3. The molecule has 2 fully saturated rings. The Morgan fingerprint density at radius 1 is 1.00 bits per heavy atom. The van der Waals surface area contributed by atoms with Gasteiger partial charge in [0.05, 0.1) is 23.5 Å². The van der Waals surface area contributed by atoms with Crippen molar-refractivity contribution in [3.05, 3.63) is 95.8 Å². The molecule has 228 valence electrons. The molecule has 1 unspecified atom stereocenters. The number of carbonyl (C=O) groups is 2. The fourth-order valence-electron chi connectivity index (χ4n) is 6.28. The number of hydrogen-bond acceptors (Lipinski definition) is 6. The van der Waals surface area contributed by atoms with Gasteiger partial charge in [-0.2, -0.15) is 5.10 Å². The van der Waals surface area contributed by atoms with E-state index in [1.165, 1.54) is 6.42 Å². The summed E-state index contributed by atoms with van der Waals surface area (Å²) in [6.45, 7) is 1.71. The van der Waals surface area contributed by atoms with Gasteiger partial charge in [0.25, 0.3) is 6.33 Å². The van der Waals surface area contributed by atoms with Gasteiger partial charge in [-0.1, -0.05) is 35.0 Å². The van der Waals surface area contributed by atoms with Crippen molar-refractivity contribution in [3.8, 4) is 27.9 Å². The number of nitrogens with one attached hydrogen (secondary N) is 1. The van der Waals surface area contributed by atoms with E-state index >= 15 is 0 Å². The van der Waals surface area contributed by atoms with Crippen LogP contribution in [0, 0.1) is 11.8 Å². The molecule has 5 aromatic rings. The largest absolute Gasteiger partial charge is 0.478 e. The number of halogens is 1. The molecule has 11 nitrogen and oxygen atoms in total. The van der Waals surface area contributed by atoms with Gasteiger partial charge >= 0.3 is 5.97 Å². The molecule has 0 bridgehead atoms. The number of carboxylic acid groups (broad SMARTS) is 1. The fourth-order valence-corrected chi connectivity index (χ4v) is 6.45. The van der Waals surface area contributed by atoms with E-state index in [1.54, 1.807) is 41.5 Å². The minimum atomic E-state index is -0.963. The number of carboxylic acids is 1. The highest BCUT2D eigenvalue weighted by molar-refractivity contribution is 6.31. The Hall–Kier alpha value is -4.90. The zero-order valence-electron chi connectivity index (χ0n) is 24.5. The molecule has 0 radical (unpaired) electrons. The monoisotopic (exact) mass is 623 g/mol. The predicted octanol–water partition coefficient (Wildman–Crippen LogP) is 4.99. The molecule has 2 N–H and O–H groups in total. The number of tetrazole rings is 1. The number of amides is 1. The van der Waals surface area contributed by atoms with Gasteiger partial charge in [0.2, 0.25) is 5.91 Å². The summed E-state index contributed by atoms with van der Waals surface area (Å²) in [6, 6.07) is 16.2. The van der Waals surface area contributed by atoms with Crippen LogP contribution in [-0.4, -0.2) is 65.3 Å². The molecule has 1 amide bonds. The molecule has 0 spiro atoms. The Morgan fingerprint density at radius 2 is 1.80 bits per heavy atom. The van der Waals surface area contributed by atoms with Crippen LogP contribution < -0.4 is 4.68 Å². The van der Waals surface area contributed by atoms with E-state index in [4.69, 9.17) is 21.7 Å². The van der Waals surface area contributed by atoms with Crippen molar-refractivity contribution in [2.24, 2.45) is 11.8 Å². The molecule has 45 heavy (non-hydrogen) atoms. The average Bonchev–Trinajstić information content (AvgIpc) is 3.40. The normalized spacial score (nSPS) is 18.5. The number of hydrogen-bond donors (Lipinski definition) is 2. The SMILES string of the molecule is O=C(O)c1ccc(-c2cnn(C(C[C@@H]3C[C@@H]3C(=O)N3CCCCC3)c3ccc(-c4cc(Cl)ccc4-[n+]4cnn[nH]4)cn3)c2)cc1. The van der Waals surface area contributed by atoms with Crippen molar-refractivity contribution in [1.29, 1.82) is 0 Å². The fraction of sp³-hybridized carbons (Fsp3) is 0.303. The van der Waals surface area contributed by atoms with Crippen LogP contribution in [0.1, 0.15) is 54.2 Å². The van der Waals surface area contributed by atoms with Crippen LogP contribution in [0.15, 0.2) is 79.5 Å². The van der Waals surface area contributed by atoms with Crippen LogP contribution in [-0.2, 0) is 4.79 Å². The van der Waals surface area contributed by atoms with Crippen LogP contribution in [0.5, 0.6) is 0 Å². The third-order valence-corrected chi connectivity index (χ3v) is 9.09. The minimum Gasteiger partial charge on any atom is -0.478 e. The summed E-state index contributed by atoms with van der Waals surface area (Å²) in [6.07, 6.45) is 12.1. The van der Waals surface area contributed by atoms with Crippen LogP contribution in [0.2, 0.25) is 5.02 Å². The Morgan fingerprint density at radius 3 is 2.51 bits per heavy atom. The Bertz CT molecular complexity index is 1820. The van der Waals surface area contributed by atoms with Crippen LogP contribution in [0.4, 0.5) is 0 Å². The molecule has 2 aliphatic rings. The van der Waals surface area contributed by atoms with E-state index in [9.17, 15) is 14.7 Å². The average molecular weight is 624 g/mol. The van der Waals surface area contributed by atoms with E-state index in [-0.39, 0.29) is 29.3 Å². The molecule has 1 aliphatic carbocycles. The number of piperidine rings is 1. The van der Waals surface area contributed by atoms with Crippen molar-refractivity contribution in [2.45, 2.75) is 38.1 Å². The van der Waals surface area contributed by atoms with Gasteiger partial charge in [0.1, 0.15) is 10.8 Å². The number of nitrogens with zero attached hydrogens (tertiary/aromatic N) is 7. The number of aromatic carboxylic acids is 1. The predicted molar refractivity (Wildman–Crippen MR) is 166 cm³/mol. The number of carbonyl (C=O) groups excluding carboxylic acids is 1. The molecule has 12 heteroatoms. The lowest BCUT2D eigenvalue weighted by molar-refractivity contribution is -0.659. The van der Waals surface area contributed by atoms with Crippen LogP contribution in [0.25, 0.3) is 27.9 Å². The lowest BCUT2D eigenvalue weighted by atomic mass is 10.0. The standard InChI is InChI=1S/C33H31ClN8O3/c34-26-9-11-30(42-20-36-38-39-42)27(16-26)23-8-10-29(35-17-23)31(15-24-14-28(24)32(43)40-12-2-1-3-13-40)41-19-25(18-37-41)21-4-6-22(7-5-21)33(44)45/h4-11,16-20,24,28,31H,1-3,12-15H2,(H,44,45)/p+1/t24-,28-,31?/m0/s1. The van der Waals surface area contributed by atoms with E-state index < -0.39 is 5.97 Å². The van der Waals surface area contributed by atoms with Gasteiger partial charge in [0, 0.05) is 53.1 Å². The van der Waals surface area contributed by atoms with Crippen LogP contribution in [0.3, 0.4) is 0 Å². The first-order valence-electron chi connectivity index (χ1n) is 15.2. The summed E-state index contributed by atoms with van der Waals surface area (Å²) < 4.78 is 3.63. The third-order valence-electron chi connectivity index (χ3n) is 8.85. The molecule has 2 aromatic carbocycles. The number of likely N-dealkylation sites (tertiary alicyclic amines) is 1. The Labute approximate surface area is 264 Å². The number of aromatic amines is 1. The minimum absolute atomic E-state index is 0.0394. The highest BCUT2D eigenvalue weighted by Gasteiger charge is 2.46. The quantitative estimate of drug-likeness (QED) is 0.221. The molecular formula is C33H32ClN8O3+. The number of benzene rings is 2. The van der Waals surface area contributed by atoms with Gasteiger partial charge < -0.3 is 10.0 Å². The second kappa shape index (κ2) is 12.2. The molecular weight excluding hydrogens is 592 g/mol. The summed E-state index contributed by atoms with van der Waals surface area (Å²) >= 11 is 6.38. The molecule has 3 atom stereocenters.